The van der Waals surface area contributed by atoms with Crippen molar-refractivity contribution in [2.45, 2.75) is 6.18 Å². The largest absolute Gasteiger partial charge is 0.482 e. The third-order valence-corrected chi connectivity index (χ3v) is 3.73. The summed E-state index contributed by atoms with van der Waals surface area (Å²) in [6.45, 7) is -2.09. The highest BCUT2D eigenvalue weighted by atomic mass is 19.4. The van der Waals surface area contributed by atoms with Crippen LogP contribution in [0.25, 0.3) is 0 Å². The summed E-state index contributed by atoms with van der Waals surface area (Å²) in [5, 5.41) is 2.36. The van der Waals surface area contributed by atoms with Crippen molar-refractivity contribution in [1.29, 1.82) is 0 Å². The molecule has 1 N–H and O–H groups in total. The molecule has 1 heterocycles. The molecule has 1 aliphatic heterocycles. The Morgan fingerprint density at radius 1 is 0.963 bits per heavy atom. The van der Waals surface area contributed by atoms with Crippen molar-refractivity contribution in [2.75, 3.05) is 18.5 Å². The van der Waals surface area contributed by atoms with E-state index in [1.807, 2.05) is 0 Å². The molecule has 140 valence electrons. The molecule has 0 bridgehead atoms. The Kier molecular flexibility index (Phi) is 4.85. The minimum Gasteiger partial charge on any atom is -0.482 e. The second-order valence-corrected chi connectivity index (χ2v) is 5.69. The van der Waals surface area contributed by atoms with Crippen molar-refractivity contribution >= 4 is 23.4 Å². The molecule has 0 spiro atoms. The first-order valence-corrected chi connectivity index (χ1v) is 7.80. The van der Waals surface area contributed by atoms with Crippen molar-refractivity contribution < 1.29 is 32.3 Å². The maximum atomic E-state index is 12.3. The van der Waals surface area contributed by atoms with E-state index in [2.05, 4.69) is 10.1 Å². The van der Waals surface area contributed by atoms with Gasteiger partial charge >= 0.3 is 6.18 Å². The molecular weight excluding hydrogens is 365 g/mol. The van der Waals surface area contributed by atoms with Crippen LogP contribution in [0.2, 0.25) is 0 Å². The number of benzene rings is 2. The third kappa shape index (κ3) is 4.08. The number of amides is 3. The third-order valence-electron chi connectivity index (χ3n) is 3.73. The molecule has 2 aromatic carbocycles. The number of hydrogen-bond acceptors (Lipinski definition) is 4. The lowest BCUT2D eigenvalue weighted by Crippen LogP contribution is -2.37. The predicted octanol–water partition coefficient (Wildman–Crippen LogP) is 2.86. The standard InChI is InChI=1S/C18H13F3N2O4/c19-18(20,21)10-27-14-8-4-3-7-13(14)22-15(24)9-23-16(25)11-5-1-2-6-12(11)17(23)26/h1-8H,9-10H2,(H,22,24). The second-order valence-electron chi connectivity index (χ2n) is 5.69. The Balaban J connectivity index is 1.69. The van der Waals surface area contributed by atoms with Crippen LogP contribution >= 0.6 is 0 Å². The first-order chi connectivity index (χ1) is 12.8. The van der Waals surface area contributed by atoms with Crippen molar-refractivity contribution in [1.82, 2.24) is 4.90 Å². The maximum absolute atomic E-state index is 12.3. The lowest BCUT2D eigenvalue weighted by atomic mass is 10.1. The summed E-state index contributed by atoms with van der Waals surface area (Å²) in [6, 6.07) is 11.7. The molecule has 0 aliphatic carbocycles. The lowest BCUT2D eigenvalue weighted by Gasteiger charge is -2.16. The second kappa shape index (κ2) is 7.10. The van der Waals surface area contributed by atoms with Gasteiger partial charge in [0.25, 0.3) is 11.8 Å². The SMILES string of the molecule is O=C(CN1C(=O)c2ccccc2C1=O)Nc1ccccc1OCC(F)(F)F. The average molecular weight is 378 g/mol. The van der Waals surface area contributed by atoms with Gasteiger partial charge in [-0.25, -0.2) is 0 Å². The van der Waals surface area contributed by atoms with Crippen LogP contribution in [0.5, 0.6) is 5.75 Å². The molecule has 0 saturated heterocycles. The number of nitrogens with one attached hydrogen (secondary N) is 1. The van der Waals surface area contributed by atoms with Crippen LogP contribution in [0.15, 0.2) is 48.5 Å². The van der Waals surface area contributed by atoms with Crippen LogP contribution in [0, 0.1) is 0 Å². The molecule has 0 unspecified atom stereocenters. The minimum atomic E-state index is -4.53. The minimum absolute atomic E-state index is 0.00311. The van der Waals surface area contributed by atoms with E-state index in [9.17, 15) is 27.6 Å². The number of halogens is 3. The molecule has 27 heavy (non-hydrogen) atoms. The zero-order valence-corrected chi connectivity index (χ0v) is 13.7. The maximum Gasteiger partial charge on any atom is 0.422 e. The van der Waals surface area contributed by atoms with Gasteiger partial charge in [0.05, 0.1) is 16.8 Å². The van der Waals surface area contributed by atoms with Crippen molar-refractivity contribution in [2.24, 2.45) is 0 Å². The number of ether oxygens (including phenoxy) is 1. The summed E-state index contributed by atoms with van der Waals surface area (Å²) >= 11 is 0. The first kappa shape index (κ1) is 18.4. The highest BCUT2D eigenvalue weighted by Crippen LogP contribution is 2.27. The Morgan fingerprint density at radius 3 is 2.11 bits per heavy atom. The van der Waals surface area contributed by atoms with Crippen molar-refractivity contribution in [3.8, 4) is 5.75 Å². The first-order valence-electron chi connectivity index (χ1n) is 7.80. The van der Waals surface area contributed by atoms with E-state index in [0.29, 0.717) is 0 Å². The van der Waals surface area contributed by atoms with Crippen LogP contribution in [0.3, 0.4) is 0 Å². The molecule has 0 atom stereocenters. The van der Waals surface area contributed by atoms with E-state index in [1.54, 1.807) is 12.1 Å². The molecule has 2 aromatic rings. The van der Waals surface area contributed by atoms with Gasteiger partial charge in [-0.1, -0.05) is 24.3 Å². The Labute approximate surface area is 151 Å². The fraction of sp³-hybridized carbons (Fsp3) is 0.167. The summed E-state index contributed by atoms with van der Waals surface area (Å²) in [4.78, 5) is 37.5. The molecule has 0 saturated carbocycles. The Hall–Kier alpha value is -3.36. The normalized spacial score (nSPS) is 13.5. The molecule has 6 nitrogen and oxygen atoms in total. The average Bonchev–Trinajstić information content (AvgIpc) is 2.86. The van der Waals surface area contributed by atoms with Gasteiger partial charge in [0.2, 0.25) is 5.91 Å². The number of fused-ring (bicyclic) bond motifs is 1. The van der Waals surface area contributed by atoms with Gasteiger partial charge in [0, 0.05) is 0 Å². The number of rotatable bonds is 5. The van der Waals surface area contributed by atoms with Crippen LogP contribution in [0.4, 0.5) is 18.9 Å². The van der Waals surface area contributed by atoms with Gasteiger partial charge in [0.15, 0.2) is 6.61 Å². The van der Waals surface area contributed by atoms with E-state index < -0.39 is 37.0 Å². The highest BCUT2D eigenvalue weighted by molar-refractivity contribution is 6.22. The van der Waals surface area contributed by atoms with Crippen LogP contribution in [-0.4, -0.2) is 41.9 Å². The van der Waals surface area contributed by atoms with Gasteiger partial charge in [0.1, 0.15) is 12.3 Å². The number of alkyl halides is 3. The quantitative estimate of drug-likeness (QED) is 0.812. The van der Waals surface area contributed by atoms with Gasteiger partial charge in [-0.15, -0.1) is 0 Å². The van der Waals surface area contributed by atoms with E-state index in [1.165, 1.54) is 36.4 Å². The summed E-state index contributed by atoms with van der Waals surface area (Å²) in [7, 11) is 0. The molecule has 1 aliphatic rings. The summed E-state index contributed by atoms with van der Waals surface area (Å²) in [5.74, 6) is -2.13. The number of nitrogens with zero attached hydrogens (tertiary/aromatic N) is 1. The molecule has 3 rings (SSSR count). The van der Waals surface area contributed by atoms with Crippen LogP contribution in [0.1, 0.15) is 20.7 Å². The molecule has 0 fully saturated rings. The fourth-order valence-electron chi connectivity index (χ4n) is 2.57. The zero-order valence-electron chi connectivity index (χ0n) is 13.7. The number of carbonyl (C=O) groups is 3. The smallest absolute Gasteiger partial charge is 0.422 e. The van der Waals surface area contributed by atoms with E-state index >= 15 is 0 Å². The molecular formula is C18H13F3N2O4. The zero-order chi connectivity index (χ0) is 19.6. The van der Waals surface area contributed by atoms with E-state index in [4.69, 9.17) is 0 Å². The predicted molar refractivity (Wildman–Crippen MR) is 88.4 cm³/mol. The fourth-order valence-corrected chi connectivity index (χ4v) is 2.57. The van der Waals surface area contributed by atoms with Gasteiger partial charge in [-0.2, -0.15) is 13.2 Å². The Bertz CT molecular complexity index is 876. The molecule has 3 amide bonds. The van der Waals surface area contributed by atoms with Crippen molar-refractivity contribution in [3.63, 3.8) is 0 Å². The topological polar surface area (TPSA) is 75.7 Å². The van der Waals surface area contributed by atoms with E-state index in [-0.39, 0.29) is 22.6 Å². The summed E-state index contributed by atoms with van der Waals surface area (Å²) < 4.78 is 41.7. The number of imide groups is 1. The van der Waals surface area contributed by atoms with E-state index in [0.717, 1.165) is 4.90 Å². The van der Waals surface area contributed by atoms with Crippen molar-refractivity contribution in [3.05, 3.63) is 59.7 Å². The summed E-state index contributed by atoms with van der Waals surface area (Å²) in [6.07, 6.45) is -4.53. The number of hydrogen-bond donors (Lipinski definition) is 1. The summed E-state index contributed by atoms with van der Waals surface area (Å²) in [5.41, 5.74) is 0.400. The van der Waals surface area contributed by atoms with Gasteiger partial charge < -0.3 is 10.1 Å². The van der Waals surface area contributed by atoms with Gasteiger partial charge in [-0.3, -0.25) is 19.3 Å². The molecule has 0 radical (unpaired) electrons. The molecule has 0 aromatic heterocycles. The molecule has 9 heteroatoms. The number of para-hydroxylation sites is 2. The lowest BCUT2D eigenvalue weighted by molar-refractivity contribution is -0.153. The Morgan fingerprint density at radius 2 is 1.52 bits per heavy atom. The van der Waals surface area contributed by atoms with Gasteiger partial charge in [-0.05, 0) is 24.3 Å². The number of anilines is 1. The van der Waals surface area contributed by atoms with Crippen LogP contribution < -0.4 is 10.1 Å². The van der Waals surface area contributed by atoms with Crippen LogP contribution in [-0.2, 0) is 4.79 Å². The number of carbonyl (C=O) groups excluding carboxylic acids is 3. The highest BCUT2D eigenvalue weighted by Gasteiger charge is 2.36. The monoisotopic (exact) mass is 378 g/mol.